The summed E-state index contributed by atoms with van der Waals surface area (Å²) in [6.07, 6.45) is 0.544. The first-order valence-electron chi connectivity index (χ1n) is 6.54. The van der Waals surface area contributed by atoms with Crippen LogP contribution in [0.1, 0.15) is 27.9 Å². The molecule has 0 aliphatic rings. The molecule has 0 fully saturated rings. The summed E-state index contributed by atoms with van der Waals surface area (Å²) in [7, 11) is 0. The maximum absolute atomic E-state index is 12.0. The molecule has 0 saturated heterocycles. The van der Waals surface area contributed by atoms with Gasteiger partial charge in [-0.15, -0.1) is 0 Å². The summed E-state index contributed by atoms with van der Waals surface area (Å²) in [6.45, 7) is 0. The van der Waals surface area contributed by atoms with Gasteiger partial charge in [-0.2, -0.15) is 17.0 Å². The van der Waals surface area contributed by atoms with Gasteiger partial charge in [0.1, 0.15) is 0 Å². The van der Waals surface area contributed by atoms with Crippen LogP contribution in [-0.2, 0) is 5.75 Å². The van der Waals surface area contributed by atoms with Crippen molar-refractivity contribution in [3.63, 3.8) is 0 Å². The van der Waals surface area contributed by atoms with Gasteiger partial charge in [-0.05, 0) is 29.8 Å². The molecule has 2 aromatic carbocycles. The number of thioether (sulfide) groups is 1. The van der Waals surface area contributed by atoms with Crippen molar-refractivity contribution in [3.05, 3.63) is 69.7 Å². The van der Waals surface area contributed by atoms with Gasteiger partial charge in [-0.3, -0.25) is 4.79 Å². The lowest BCUT2D eigenvalue weighted by Crippen LogP contribution is -2.00. The van der Waals surface area contributed by atoms with Crippen molar-refractivity contribution in [1.29, 1.82) is 5.26 Å². The lowest BCUT2D eigenvalue weighted by atomic mass is 10.1. The third kappa shape index (κ3) is 5.04. The molecular formula is C17H14BrNOS. The van der Waals surface area contributed by atoms with E-state index in [4.69, 9.17) is 5.26 Å². The molecular weight excluding hydrogens is 346 g/mol. The van der Waals surface area contributed by atoms with Crippen molar-refractivity contribution in [2.75, 3.05) is 5.75 Å². The monoisotopic (exact) mass is 359 g/mol. The van der Waals surface area contributed by atoms with Gasteiger partial charge >= 0.3 is 0 Å². The van der Waals surface area contributed by atoms with Crippen LogP contribution in [0.15, 0.2) is 53.0 Å². The van der Waals surface area contributed by atoms with Crippen LogP contribution in [-0.4, -0.2) is 11.5 Å². The number of benzene rings is 2. The minimum Gasteiger partial charge on any atom is -0.294 e. The molecule has 0 N–H and O–H groups in total. The van der Waals surface area contributed by atoms with E-state index in [9.17, 15) is 4.79 Å². The van der Waals surface area contributed by atoms with Gasteiger partial charge < -0.3 is 0 Å². The van der Waals surface area contributed by atoms with Crippen LogP contribution in [0, 0.1) is 11.3 Å². The lowest BCUT2D eigenvalue weighted by Gasteiger charge is -2.03. The van der Waals surface area contributed by atoms with E-state index in [1.54, 1.807) is 11.8 Å². The van der Waals surface area contributed by atoms with Crippen molar-refractivity contribution in [2.45, 2.75) is 12.2 Å². The molecule has 0 unspecified atom stereocenters. The van der Waals surface area contributed by atoms with E-state index in [2.05, 4.69) is 22.0 Å². The zero-order valence-corrected chi connectivity index (χ0v) is 13.8. The molecule has 2 nitrogen and oxygen atoms in total. The highest BCUT2D eigenvalue weighted by Gasteiger charge is 2.05. The van der Waals surface area contributed by atoms with E-state index in [-0.39, 0.29) is 5.78 Å². The van der Waals surface area contributed by atoms with Gasteiger partial charge in [0.05, 0.1) is 11.6 Å². The van der Waals surface area contributed by atoms with Crippen LogP contribution < -0.4 is 0 Å². The van der Waals surface area contributed by atoms with E-state index >= 15 is 0 Å². The number of carbonyl (C=O) groups is 1. The quantitative estimate of drug-likeness (QED) is 0.547. The number of nitrogens with zero attached hydrogens (tertiary/aromatic N) is 1. The van der Waals surface area contributed by atoms with Gasteiger partial charge in [0.2, 0.25) is 0 Å². The summed E-state index contributed by atoms with van der Waals surface area (Å²) >= 11 is 5.09. The molecule has 0 aliphatic heterocycles. The summed E-state index contributed by atoms with van der Waals surface area (Å²) in [6, 6.07) is 17.1. The Morgan fingerprint density at radius 1 is 1.10 bits per heavy atom. The fourth-order valence-corrected chi connectivity index (χ4v) is 2.98. The molecule has 0 bridgehead atoms. The number of Topliss-reactive ketones (excluding diaryl/α,β-unsaturated/α-hetero) is 1. The first kappa shape index (κ1) is 15.8. The van der Waals surface area contributed by atoms with Crippen LogP contribution in [0.5, 0.6) is 0 Å². The standard InChI is InChI=1S/C17H14BrNOS/c18-16-7-5-15(6-8-16)17(20)9-10-21-12-14-3-1-13(11-19)2-4-14/h1-8H,9-10,12H2. The van der Waals surface area contributed by atoms with Gasteiger partial charge in [-0.25, -0.2) is 0 Å². The second kappa shape index (κ2) is 8.02. The van der Waals surface area contributed by atoms with Crippen molar-refractivity contribution in [2.24, 2.45) is 0 Å². The predicted molar refractivity (Wildman–Crippen MR) is 90.4 cm³/mol. The van der Waals surface area contributed by atoms with Gasteiger partial charge in [-0.1, -0.05) is 40.2 Å². The second-order valence-corrected chi connectivity index (χ2v) is 6.56. The van der Waals surface area contributed by atoms with Gasteiger partial charge in [0.15, 0.2) is 5.78 Å². The Bertz CT molecular complexity index is 644. The Labute approximate surface area is 137 Å². The van der Waals surface area contributed by atoms with Gasteiger partial charge in [0, 0.05) is 28.0 Å². The SMILES string of the molecule is N#Cc1ccc(CSCCC(=O)c2ccc(Br)cc2)cc1. The minimum absolute atomic E-state index is 0.176. The molecule has 0 amide bonds. The van der Waals surface area contributed by atoms with E-state index < -0.39 is 0 Å². The molecule has 106 valence electrons. The van der Waals surface area contributed by atoms with Crippen molar-refractivity contribution in [1.82, 2.24) is 0 Å². The molecule has 2 rings (SSSR count). The molecule has 0 atom stereocenters. The lowest BCUT2D eigenvalue weighted by molar-refractivity contribution is 0.0989. The number of nitriles is 1. The highest BCUT2D eigenvalue weighted by molar-refractivity contribution is 9.10. The fourth-order valence-electron chi connectivity index (χ4n) is 1.81. The third-order valence-electron chi connectivity index (χ3n) is 2.99. The molecule has 0 aliphatic carbocycles. The minimum atomic E-state index is 0.176. The van der Waals surface area contributed by atoms with Crippen molar-refractivity contribution >= 4 is 33.5 Å². The number of ketones is 1. The summed E-state index contributed by atoms with van der Waals surface area (Å²) in [5, 5.41) is 8.73. The van der Waals surface area contributed by atoms with Crippen LogP contribution in [0.25, 0.3) is 0 Å². The van der Waals surface area contributed by atoms with E-state index in [1.807, 2.05) is 48.5 Å². The van der Waals surface area contributed by atoms with Crippen LogP contribution in [0.3, 0.4) is 0 Å². The Hall–Kier alpha value is -1.57. The van der Waals surface area contributed by atoms with Crippen molar-refractivity contribution in [3.8, 4) is 6.07 Å². The maximum Gasteiger partial charge on any atom is 0.163 e. The molecule has 0 saturated carbocycles. The maximum atomic E-state index is 12.0. The normalized spacial score (nSPS) is 10.1. The van der Waals surface area contributed by atoms with E-state index in [1.165, 1.54) is 5.56 Å². The highest BCUT2D eigenvalue weighted by atomic mass is 79.9. The average molecular weight is 360 g/mol. The number of carbonyl (C=O) groups excluding carboxylic acids is 1. The Morgan fingerprint density at radius 2 is 1.76 bits per heavy atom. The summed E-state index contributed by atoms with van der Waals surface area (Å²) in [4.78, 5) is 12.0. The number of rotatable bonds is 6. The molecule has 2 aromatic rings. The van der Waals surface area contributed by atoms with E-state index in [0.717, 1.165) is 21.5 Å². The molecule has 0 heterocycles. The Balaban J connectivity index is 1.75. The summed E-state index contributed by atoms with van der Waals surface area (Å²) < 4.78 is 0.981. The number of hydrogen-bond acceptors (Lipinski definition) is 3. The molecule has 4 heteroatoms. The summed E-state index contributed by atoms with van der Waals surface area (Å²) in [5.74, 6) is 1.84. The third-order valence-corrected chi connectivity index (χ3v) is 4.55. The number of hydrogen-bond donors (Lipinski definition) is 0. The first-order chi connectivity index (χ1) is 10.2. The topological polar surface area (TPSA) is 40.9 Å². The smallest absolute Gasteiger partial charge is 0.163 e. The second-order valence-electron chi connectivity index (χ2n) is 4.54. The molecule has 0 aromatic heterocycles. The highest BCUT2D eigenvalue weighted by Crippen LogP contribution is 2.16. The molecule has 0 radical (unpaired) electrons. The average Bonchev–Trinajstić information content (AvgIpc) is 2.52. The van der Waals surface area contributed by atoms with Crippen LogP contribution >= 0.6 is 27.7 Å². The Kier molecular flexibility index (Phi) is 6.04. The zero-order chi connectivity index (χ0) is 15.1. The Morgan fingerprint density at radius 3 is 2.38 bits per heavy atom. The first-order valence-corrected chi connectivity index (χ1v) is 8.49. The molecule has 0 spiro atoms. The summed E-state index contributed by atoms with van der Waals surface area (Å²) in [5.41, 5.74) is 2.61. The number of halogens is 1. The van der Waals surface area contributed by atoms with Crippen LogP contribution in [0.2, 0.25) is 0 Å². The van der Waals surface area contributed by atoms with Crippen molar-refractivity contribution < 1.29 is 4.79 Å². The van der Waals surface area contributed by atoms with Crippen LogP contribution in [0.4, 0.5) is 0 Å². The van der Waals surface area contributed by atoms with E-state index in [0.29, 0.717) is 12.0 Å². The zero-order valence-electron chi connectivity index (χ0n) is 11.4. The fraction of sp³-hybridized carbons (Fsp3) is 0.176. The van der Waals surface area contributed by atoms with Gasteiger partial charge in [0.25, 0.3) is 0 Å². The molecule has 21 heavy (non-hydrogen) atoms. The largest absolute Gasteiger partial charge is 0.294 e. The predicted octanol–water partition coefficient (Wildman–Crippen LogP) is 4.83.